The van der Waals surface area contributed by atoms with Gasteiger partial charge in [-0.3, -0.25) is 9.59 Å². The van der Waals surface area contributed by atoms with E-state index >= 15 is 0 Å². The van der Waals surface area contributed by atoms with E-state index in [0.29, 0.717) is 36.2 Å². The molecule has 6 nitrogen and oxygen atoms in total. The molecule has 0 spiro atoms. The second-order valence-electron chi connectivity index (χ2n) is 6.17. The molecule has 3 rings (SSSR count). The monoisotopic (exact) mass is 388 g/mol. The van der Waals surface area contributed by atoms with Crippen molar-refractivity contribution in [2.24, 2.45) is 5.92 Å². The molecule has 0 aliphatic carbocycles. The number of nitrogens with one attached hydrogen (secondary N) is 1. The van der Waals surface area contributed by atoms with Crippen LogP contribution >= 0.6 is 11.6 Å². The van der Waals surface area contributed by atoms with Crippen LogP contribution in [0.1, 0.15) is 6.42 Å². The highest BCUT2D eigenvalue weighted by molar-refractivity contribution is 6.33. The molecule has 1 saturated heterocycles. The Morgan fingerprint density at radius 2 is 1.89 bits per heavy atom. The number of rotatable bonds is 7. The highest BCUT2D eigenvalue weighted by Crippen LogP contribution is 2.30. The third kappa shape index (κ3) is 4.71. The van der Waals surface area contributed by atoms with Gasteiger partial charge in [0.25, 0.3) is 0 Å². The Kier molecular flexibility index (Phi) is 6.19. The first kappa shape index (κ1) is 19.0. The molecule has 1 heterocycles. The maximum atomic E-state index is 12.4. The summed E-state index contributed by atoms with van der Waals surface area (Å²) >= 11 is 6.16. The van der Waals surface area contributed by atoms with Gasteiger partial charge in [0.05, 0.1) is 30.3 Å². The zero-order valence-corrected chi connectivity index (χ0v) is 15.7. The van der Waals surface area contributed by atoms with Crippen molar-refractivity contribution in [3.05, 3.63) is 53.6 Å². The molecule has 1 fully saturated rings. The Morgan fingerprint density at radius 3 is 2.59 bits per heavy atom. The van der Waals surface area contributed by atoms with Crippen LogP contribution in [0.2, 0.25) is 5.02 Å². The minimum atomic E-state index is -0.394. The average molecular weight is 389 g/mol. The van der Waals surface area contributed by atoms with Crippen molar-refractivity contribution < 1.29 is 19.1 Å². The number of carbonyl (C=O) groups is 2. The summed E-state index contributed by atoms with van der Waals surface area (Å²) in [5, 5.41) is 3.32. The molecule has 27 heavy (non-hydrogen) atoms. The van der Waals surface area contributed by atoms with Crippen molar-refractivity contribution in [2.75, 3.05) is 31.7 Å². The van der Waals surface area contributed by atoms with E-state index in [2.05, 4.69) is 5.32 Å². The molecule has 1 atom stereocenters. The van der Waals surface area contributed by atoms with Crippen molar-refractivity contribution in [3.8, 4) is 11.5 Å². The normalized spacial score (nSPS) is 16.3. The van der Waals surface area contributed by atoms with Crippen molar-refractivity contribution in [3.63, 3.8) is 0 Å². The van der Waals surface area contributed by atoms with E-state index in [-0.39, 0.29) is 18.2 Å². The number of hydrogen-bond donors (Lipinski definition) is 1. The van der Waals surface area contributed by atoms with Crippen LogP contribution in [-0.2, 0) is 9.59 Å². The van der Waals surface area contributed by atoms with Crippen LogP contribution in [0.15, 0.2) is 48.5 Å². The van der Waals surface area contributed by atoms with Gasteiger partial charge in [0, 0.05) is 13.0 Å². The molecule has 7 heteroatoms. The Labute approximate surface area is 163 Å². The summed E-state index contributed by atoms with van der Waals surface area (Å²) in [6.45, 7) is 1.03. The van der Waals surface area contributed by atoms with E-state index < -0.39 is 5.92 Å². The number of halogens is 1. The number of nitrogens with zero attached hydrogens (tertiary/aromatic N) is 1. The number of amides is 2. The van der Waals surface area contributed by atoms with Gasteiger partial charge in [-0.1, -0.05) is 23.7 Å². The van der Waals surface area contributed by atoms with Crippen LogP contribution in [0.4, 0.5) is 5.69 Å². The molecule has 1 N–H and O–H groups in total. The zero-order chi connectivity index (χ0) is 19.2. The Bertz CT molecular complexity index is 810. The van der Waals surface area contributed by atoms with Crippen LogP contribution in [0.3, 0.4) is 0 Å². The second kappa shape index (κ2) is 8.77. The SMILES string of the molecule is COc1ccc(OCCNC(=O)C2CC(=O)N(c3ccccc3Cl)C2)cc1. The lowest BCUT2D eigenvalue weighted by Crippen LogP contribution is -2.35. The number of methoxy groups -OCH3 is 1. The maximum Gasteiger partial charge on any atom is 0.227 e. The molecule has 142 valence electrons. The number of ether oxygens (including phenoxy) is 2. The molecule has 0 aromatic heterocycles. The standard InChI is InChI=1S/C20H21ClN2O4/c1-26-15-6-8-16(9-7-15)27-11-10-22-20(25)14-12-19(24)23(13-14)18-5-3-2-4-17(18)21/h2-9,14H,10-13H2,1H3,(H,22,25). The van der Waals surface area contributed by atoms with Crippen LogP contribution in [0.5, 0.6) is 11.5 Å². The number of anilines is 1. The first-order chi connectivity index (χ1) is 13.1. The van der Waals surface area contributed by atoms with Gasteiger partial charge < -0.3 is 19.7 Å². The number of benzene rings is 2. The second-order valence-corrected chi connectivity index (χ2v) is 6.58. The number of hydrogen-bond acceptors (Lipinski definition) is 4. The molecule has 2 amide bonds. The highest BCUT2D eigenvalue weighted by atomic mass is 35.5. The number of carbonyl (C=O) groups excluding carboxylic acids is 2. The zero-order valence-electron chi connectivity index (χ0n) is 15.0. The molecule has 1 unspecified atom stereocenters. The van der Waals surface area contributed by atoms with Crippen molar-refractivity contribution in [1.82, 2.24) is 5.32 Å². The summed E-state index contributed by atoms with van der Waals surface area (Å²) < 4.78 is 10.7. The Morgan fingerprint density at radius 1 is 1.19 bits per heavy atom. The third-order valence-corrected chi connectivity index (χ3v) is 4.69. The molecule has 1 aliphatic rings. The van der Waals surface area contributed by atoms with E-state index in [1.807, 2.05) is 6.07 Å². The van der Waals surface area contributed by atoms with Crippen LogP contribution in [-0.4, -0.2) is 38.6 Å². The lowest BCUT2D eigenvalue weighted by molar-refractivity contribution is -0.126. The fourth-order valence-corrected chi connectivity index (χ4v) is 3.18. The van der Waals surface area contributed by atoms with Crippen molar-refractivity contribution >= 4 is 29.1 Å². The van der Waals surface area contributed by atoms with Gasteiger partial charge in [0.2, 0.25) is 11.8 Å². The van der Waals surface area contributed by atoms with E-state index in [1.54, 1.807) is 54.5 Å². The number of para-hydroxylation sites is 1. The lowest BCUT2D eigenvalue weighted by Gasteiger charge is -2.18. The summed E-state index contributed by atoms with van der Waals surface area (Å²) in [7, 11) is 1.60. The smallest absolute Gasteiger partial charge is 0.227 e. The fourth-order valence-electron chi connectivity index (χ4n) is 2.95. The highest BCUT2D eigenvalue weighted by Gasteiger charge is 2.35. The predicted octanol–water partition coefficient (Wildman–Crippen LogP) is 2.90. The van der Waals surface area contributed by atoms with E-state index in [4.69, 9.17) is 21.1 Å². The largest absolute Gasteiger partial charge is 0.497 e. The molecule has 2 aromatic rings. The minimum Gasteiger partial charge on any atom is -0.497 e. The molecule has 0 saturated carbocycles. The minimum absolute atomic E-state index is 0.0993. The Hall–Kier alpha value is -2.73. The van der Waals surface area contributed by atoms with Crippen molar-refractivity contribution in [1.29, 1.82) is 0 Å². The average Bonchev–Trinajstić information content (AvgIpc) is 3.07. The summed E-state index contributed by atoms with van der Waals surface area (Å²) in [5.74, 6) is 0.805. The van der Waals surface area contributed by atoms with Gasteiger partial charge in [-0.2, -0.15) is 0 Å². The molecular formula is C20H21ClN2O4. The lowest BCUT2D eigenvalue weighted by atomic mass is 10.1. The molecule has 0 bridgehead atoms. The van der Waals surface area contributed by atoms with Crippen molar-refractivity contribution in [2.45, 2.75) is 6.42 Å². The van der Waals surface area contributed by atoms with E-state index in [9.17, 15) is 9.59 Å². The molecule has 0 radical (unpaired) electrons. The summed E-state index contributed by atoms with van der Waals surface area (Å²) in [6, 6.07) is 14.4. The first-order valence-electron chi connectivity index (χ1n) is 8.68. The summed E-state index contributed by atoms with van der Waals surface area (Å²) in [6.07, 6.45) is 0.177. The van der Waals surface area contributed by atoms with Gasteiger partial charge >= 0.3 is 0 Å². The van der Waals surface area contributed by atoms with Crippen LogP contribution in [0.25, 0.3) is 0 Å². The van der Waals surface area contributed by atoms with Gasteiger partial charge in [-0.25, -0.2) is 0 Å². The van der Waals surface area contributed by atoms with Gasteiger partial charge in [0.15, 0.2) is 0 Å². The molecular weight excluding hydrogens is 368 g/mol. The third-order valence-electron chi connectivity index (χ3n) is 4.37. The fraction of sp³-hybridized carbons (Fsp3) is 0.300. The van der Waals surface area contributed by atoms with E-state index in [1.165, 1.54) is 0 Å². The van der Waals surface area contributed by atoms with E-state index in [0.717, 1.165) is 5.75 Å². The maximum absolute atomic E-state index is 12.4. The molecule has 2 aromatic carbocycles. The van der Waals surface area contributed by atoms with Crippen LogP contribution < -0.4 is 19.7 Å². The Balaban J connectivity index is 1.46. The molecule has 1 aliphatic heterocycles. The van der Waals surface area contributed by atoms with Gasteiger partial charge in [0.1, 0.15) is 18.1 Å². The van der Waals surface area contributed by atoms with Crippen LogP contribution in [0, 0.1) is 5.92 Å². The van der Waals surface area contributed by atoms with Gasteiger partial charge in [-0.15, -0.1) is 0 Å². The topological polar surface area (TPSA) is 67.9 Å². The summed E-state index contributed by atoms with van der Waals surface area (Å²) in [4.78, 5) is 26.2. The van der Waals surface area contributed by atoms with Gasteiger partial charge in [-0.05, 0) is 36.4 Å². The quantitative estimate of drug-likeness (QED) is 0.740. The summed E-state index contributed by atoms with van der Waals surface area (Å²) in [5.41, 5.74) is 0.641. The first-order valence-corrected chi connectivity index (χ1v) is 9.05. The predicted molar refractivity (Wildman–Crippen MR) is 103 cm³/mol.